The van der Waals surface area contributed by atoms with Gasteiger partial charge in [-0.2, -0.15) is 0 Å². The molecule has 2 aromatic heterocycles. The van der Waals surface area contributed by atoms with Crippen molar-refractivity contribution in [1.82, 2.24) is 0 Å². The Morgan fingerprint density at radius 2 is 2.33 bits per heavy atom. The second-order valence-electron chi connectivity index (χ2n) is 3.99. The molecule has 2 N–H and O–H groups in total. The number of aryl methyl sites for hydroxylation is 2. The molecule has 0 spiro atoms. The molecule has 0 bridgehead atoms. The number of furan rings is 1. The fourth-order valence-electron chi connectivity index (χ4n) is 2.12. The molecule has 0 radical (unpaired) electrons. The van der Waals surface area contributed by atoms with Gasteiger partial charge >= 0.3 is 0 Å². The van der Waals surface area contributed by atoms with E-state index in [0.717, 1.165) is 5.56 Å². The molecule has 3 heteroatoms. The first kappa shape index (κ1) is 9.19. The molecule has 2 heterocycles. The molecule has 78 valence electrons. The first-order valence-electron chi connectivity index (χ1n) is 5.24. The van der Waals surface area contributed by atoms with E-state index >= 15 is 0 Å². The van der Waals surface area contributed by atoms with Crippen LogP contribution in [-0.4, -0.2) is 0 Å². The summed E-state index contributed by atoms with van der Waals surface area (Å²) in [5.41, 5.74) is 8.75. The Morgan fingerprint density at radius 3 is 3.07 bits per heavy atom. The third-order valence-corrected chi connectivity index (χ3v) is 4.29. The third kappa shape index (κ3) is 1.52. The summed E-state index contributed by atoms with van der Waals surface area (Å²) in [7, 11) is 0. The monoisotopic (exact) mass is 219 g/mol. The average Bonchev–Trinajstić information content (AvgIpc) is 2.92. The van der Waals surface area contributed by atoms with E-state index in [1.807, 2.05) is 17.4 Å². The summed E-state index contributed by atoms with van der Waals surface area (Å²) in [4.78, 5) is 2.80. The molecule has 2 aromatic rings. The van der Waals surface area contributed by atoms with Gasteiger partial charge in [0.05, 0.1) is 18.6 Å². The summed E-state index contributed by atoms with van der Waals surface area (Å²) >= 11 is 1.86. The number of nitrogens with two attached hydrogens (primary N) is 1. The summed E-state index contributed by atoms with van der Waals surface area (Å²) in [5, 5.41) is 0. The zero-order chi connectivity index (χ0) is 10.3. The standard InChI is InChI=1S/C12H13NOS/c13-12(9-4-5-14-7-9)11-6-8-2-1-3-10(8)15-11/h4-7,12H,1-3,13H2. The zero-order valence-electron chi connectivity index (χ0n) is 8.40. The van der Waals surface area contributed by atoms with E-state index in [1.54, 1.807) is 12.5 Å². The molecule has 2 nitrogen and oxygen atoms in total. The minimum absolute atomic E-state index is 0.0145. The lowest BCUT2D eigenvalue weighted by molar-refractivity contribution is 0.562. The highest BCUT2D eigenvalue weighted by molar-refractivity contribution is 7.12. The lowest BCUT2D eigenvalue weighted by Crippen LogP contribution is -2.08. The topological polar surface area (TPSA) is 39.2 Å². The van der Waals surface area contributed by atoms with E-state index in [-0.39, 0.29) is 6.04 Å². The second kappa shape index (κ2) is 3.51. The maximum absolute atomic E-state index is 6.17. The SMILES string of the molecule is NC(c1ccoc1)c1cc2c(s1)CCC2. The van der Waals surface area contributed by atoms with Crippen molar-refractivity contribution in [2.24, 2.45) is 5.73 Å². The van der Waals surface area contributed by atoms with Gasteiger partial charge in [-0.3, -0.25) is 0 Å². The minimum atomic E-state index is -0.0145. The lowest BCUT2D eigenvalue weighted by atomic mass is 10.1. The molecular weight excluding hydrogens is 206 g/mol. The summed E-state index contributed by atoms with van der Waals surface area (Å²) in [6.45, 7) is 0. The van der Waals surface area contributed by atoms with Crippen LogP contribution in [0.4, 0.5) is 0 Å². The normalized spacial score (nSPS) is 16.6. The van der Waals surface area contributed by atoms with E-state index in [9.17, 15) is 0 Å². The van der Waals surface area contributed by atoms with E-state index < -0.39 is 0 Å². The van der Waals surface area contributed by atoms with Crippen molar-refractivity contribution < 1.29 is 4.42 Å². The average molecular weight is 219 g/mol. The van der Waals surface area contributed by atoms with Crippen LogP contribution in [0.5, 0.6) is 0 Å². The van der Waals surface area contributed by atoms with Gasteiger partial charge in [0.2, 0.25) is 0 Å². The predicted molar refractivity (Wildman–Crippen MR) is 61.1 cm³/mol. The molecule has 15 heavy (non-hydrogen) atoms. The molecule has 0 aromatic carbocycles. The molecule has 0 amide bonds. The van der Waals surface area contributed by atoms with Crippen LogP contribution in [-0.2, 0) is 12.8 Å². The Kier molecular flexibility index (Phi) is 2.15. The molecule has 3 rings (SSSR count). The number of thiophene rings is 1. The Bertz CT molecular complexity index is 436. The lowest BCUT2D eigenvalue weighted by Gasteiger charge is -2.05. The summed E-state index contributed by atoms with van der Waals surface area (Å²) < 4.78 is 5.06. The molecule has 0 saturated heterocycles. The second-order valence-corrected chi connectivity index (χ2v) is 5.15. The van der Waals surface area contributed by atoms with Crippen LogP contribution in [0.3, 0.4) is 0 Å². The molecule has 0 aliphatic heterocycles. The Hall–Kier alpha value is -1.06. The molecule has 1 unspecified atom stereocenters. The van der Waals surface area contributed by atoms with Crippen LogP contribution in [0.15, 0.2) is 29.1 Å². The van der Waals surface area contributed by atoms with Crippen LogP contribution in [0, 0.1) is 0 Å². The van der Waals surface area contributed by atoms with Gasteiger partial charge in [-0.15, -0.1) is 11.3 Å². The fraction of sp³-hybridized carbons (Fsp3) is 0.333. The van der Waals surface area contributed by atoms with E-state index in [1.165, 1.54) is 34.6 Å². The van der Waals surface area contributed by atoms with Gasteiger partial charge in [0.25, 0.3) is 0 Å². The van der Waals surface area contributed by atoms with Gasteiger partial charge in [-0.05, 0) is 37.0 Å². The molecule has 0 fully saturated rings. The van der Waals surface area contributed by atoms with Gasteiger partial charge in [-0.25, -0.2) is 0 Å². The van der Waals surface area contributed by atoms with Crippen molar-refractivity contribution in [2.45, 2.75) is 25.3 Å². The van der Waals surface area contributed by atoms with Crippen molar-refractivity contribution in [3.63, 3.8) is 0 Å². The van der Waals surface area contributed by atoms with Gasteiger partial charge in [0.15, 0.2) is 0 Å². The quantitative estimate of drug-likeness (QED) is 0.843. The van der Waals surface area contributed by atoms with E-state index in [2.05, 4.69) is 6.07 Å². The molecule has 1 atom stereocenters. The minimum Gasteiger partial charge on any atom is -0.472 e. The van der Waals surface area contributed by atoms with E-state index in [0.29, 0.717) is 0 Å². The van der Waals surface area contributed by atoms with Crippen LogP contribution in [0.1, 0.15) is 33.3 Å². The Labute approximate surface area is 92.7 Å². The molecule has 1 aliphatic rings. The molecule has 0 saturated carbocycles. The van der Waals surface area contributed by atoms with Crippen molar-refractivity contribution >= 4 is 11.3 Å². The maximum Gasteiger partial charge on any atom is 0.0954 e. The highest BCUT2D eigenvalue weighted by Crippen LogP contribution is 2.35. The fourth-order valence-corrected chi connectivity index (χ4v) is 3.41. The number of fused-ring (bicyclic) bond motifs is 1. The molecule has 1 aliphatic carbocycles. The summed E-state index contributed by atoms with van der Waals surface area (Å²) in [5.74, 6) is 0. The molecular formula is C12H13NOS. The van der Waals surface area contributed by atoms with Gasteiger partial charge < -0.3 is 10.2 Å². The van der Waals surface area contributed by atoms with Crippen molar-refractivity contribution in [1.29, 1.82) is 0 Å². The number of rotatable bonds is 2. The Morgan fingerprint density at radius 1 is 1.40 bits per heavy atom. The smallest absolute Gasteiger partial charge is 0.0954 e. The Balaban J connectivity index is 1.93. The highest BCUT2D eigenvalue weighted by Gasteiger charge is 2.19. The third-order valence-electron chi connectivity index (χ3n) is 2.97. The first-order chi connectivity index (χ1) is 7.34. The van der Waals surface area contributed by atoms with Crippen LogP contribution in [0.2, 0.25) is 0 Å². The van der Waals surface area contributed by atoms with Gasteiger partial charge in [-0.1, -0.05) is 0 Å². The number of hydrogen-bond donors (Lipinski definition) is 1. The van der Waals surface area contributed by atoms with Gasteiger partial charge in [0.1, 0.15) is 0 Å². The summed E-state index contributed by atoms with van der Waals surface area (Å²) in [6, 6.07) is 4.19. The maximum atomic E-state index is 6.17. The van der Waals surface area contributed by atoms with Crippen molar-refractivity contribution in [3.8, 4) is 0 Å². The van der Waals surface area contributed by atoms with E-state index in [4.69, 9.17) is 10.2 Å². The number of hydrogen-bond acceptors (Lipinski definition) is 3. The zero-order valence-corrected chi connectivity index (χ0v) is 9.22. The van der Waals surface area contributed by atoms with Crippen LogP contribution < -0.4 is 5.73 Å². The van der Waals surface area contributed by atoms with Crippen LogP contribution >= 0.6 is 11.3 Å². The van der Waals surface area contributed by atoms with Gasteiger partial charge in [0, 0.05) is 15.3 Å². The van der Waals surface area contributed by atoms with Crippen molar-refractivity contribution in [3.05, 3.63) is 45.5 Å². The van der Waals surface area contributed by atoms with Crippen molar-refractivity contribution in [2.75, 3.05) is 0 Å². The highest BCUT2D eigenvalue weighted by atomic mass is 32.1. The van der Waals surface area contributed by atoms with Crippen LogP contribution in [0.25, 0.3) is 0 Å². The predicted octanol–water partition coefficient (Wildman–Crippen LogP) is 2.88. The summed E-state index contributed by atoms with van der Waals surface area (Å²) in [6.07, 6.45) is 7.18. The largest absolute Gasteiger partial charge is 0.472 e. The first-order valence-corrected chi connectivity index (χ1v) is 6.05.